The number of carboxylic acids is 1. The average molecular weight is 251 g/mol. The topological polar surface area (TPSA) is 70.0 Å². The predicted molar refractivity (Wildman–Crippen MR) is 65.2 cm³/mol. The number of rotatable bonds is 4. The van der Waals surface area contributed by atoms with Crippen molar-refractivity contribution in [2.45, 2.75) is 12.1 Å². The number of hydrogen-bond acceptors (Lipinski definition) is 4. The molecule has 0 saturated carbocycles. The molecule has 0 amide bonds. The van der Waals surface area contributed by atoms with Crippen molar-refractivity contribution >= 4 is 5.97 Å². The SMILES string of the molecule is O=C(O)C(c1ccccc1)N1CCOC(CO)C1. The molecular weight excluding hydrogens is 234 g/mol. The van der Waals surface area contributed by atoms with Crippen LogP contribution in [0.1, 0.15) is 11.6 Å². The molecule has 1 saturated heterocycles. The van der Waals surface area contributed by atoms with Crippen LogP contribution in [0, 0.1) is 0 Å². The normalized spacial score (nSPS) is 22.6. The number of aliphatic hydroxyl groups is 1. The number of aliphatic hydroxyl groups excluding tert-OH is 1. The summed E-state index contributed by atoms with van der Waals surface area (Å²) in [7, 11) is 0. The smallest absolute Gasteiger partial charge is 0.325 e. The highest BCUT2D eigenvalue weighted by Gasteiger charge is 2.31. The zero-order valence-corrected chi connectivity index (χ0v) is 10.0. The first kappa shape index (κ1) is 13.0. The molecule has 5 heteroatoms. The molecular formula is C13H17NO4. The van der Waals surface area contributed by atoms with Crippen LogP contribution in [-0.2, 0) is 9.53 Å². The van der Waals surface area contributed by atoms with E-state index in [2.05, 4.69) is 0 Å². The van der Waals surface area contributed by atoms with E-state index >= 15 is 0 Å². The maximum Gasteiger partial charge on any atom is 0.325 e. The van der Waals surface area contributed by atoms with Crippen LogP contribution >= 0.6 is 0 Å². The second-order valence-electron chi connectivity index (χ2n) is 4.32. The number of nitrogens with zero attached hydrogens (tertiary/aromatic N) is 1. The van der Waals surface area contributed by atoms with Crippen LogP contribution in [0.25, 0.3) is 0 Å². The molecule has 2 rings (SSSR count). The molecule has 18 heavy (non-hydrogen) atoms. The van der Waals surface area contributed by atoms with Gasteiger partial charge in [0.25, 0.3) is 0 Å². The van der Waals surface area contributed by atoms with Gasteiger partial charge >= 0.3 is 5.97 Å². The van der Waals surface area contributed by atoms with E-state index in [1.54, 1.807) is 0 Å². The summed E-state index contributed by atoms with van der Waals surface area (Å²) in [6.07, 6.45) is -0.302. The lowest BCUT2D eigenvalue weighted by Crippen LogP contribution is -2.47. The Morgan fingerprint density at radius 1 is 1.44 bits per heavy atom. The molecule has 98 valence electrons. The average Bonchev–Trinajstić information content (AvgIpc) is 2.40. The molecule has 1 aliphatic heterocycles. The molecule has 0 spiro atoms. The minimum atomic E-state index is -0.875. The number of hydrogen-bond donors (Lipinski definition) is 2. The van der Waals surface area contributed by atoms with Gasteiger partial charge in [0.15, 0.2) is 0 Å². The van der Waals surface area contributed by atoms with Crippen molar-refractivity contribution in [3.05, 3.63) is 35.9 Å². The molecule has 0 bridgehead atoms. The van der Waals surface area contributed by atoms with E-state index in [1.807, 2.05) is 35.2 Å². The summed E-state index contributed by atoms with van der Waals surface area (Å²) < 4.78 is 5.34. The second-order valence-corrected chi connectivity index (χ2v) is 4.32. The van der Waals surface area contributed by atoms with Crippen LogP contribution in [0.4, 0.5) is 0 Å². The highest BCUT2D eigenvalue weighted by Crippen LogP contribution is 2.23. The Balaban J connectivity index is 2.18. The van der Waals surface area contributed by atoms with E-state index in [0.29, 0.717) is 19.7 Å². The van der Waals surface area contributed by atoms with Crippen LogP contribution in [0.3, 0.4) is 0 Å². The largest absolute Gasteiger partial charge is 0.480 e. The lowest BCUT2D eigenvalue weighted by Gasteiger charge is -2.35. The van der Waals surface area contributed by atoms with Crippen molar-refractivity contribution in [1.82, 2.24) is 4.90 Å². The van der Waals surface area contributed by atoms with E-state index in [4.69, 9.17) is 9.84 Å². The van der Waals surface area contributed by atoms with E-state index in [-0.39, 0.29) is 12.7 Å². The molecule has 2 N–H and O–H groups in total. The maximum atomic E-state index is 11.4. The molecule has 1 aromatic rings. The van der Waals surface area contributed by atoms with Gasteiger partial charge in [-0.1, -0.05) is 30.3 Å². The van der Waals surface area contributed by atoms with Crippen molar-refractivity contribution in [2.24, 2.45) is 0 Å². The molecule has 2 unspecified atom stereocenters. The second kappa shape index (κ2) is 5.95. The molecule has 5 nitrogen and oxygen atoms in total. The Bertz CT molecular complexity index is 395. The van der Waals surface area contributed by atoms with Crippen LogP contribution in [0.15, 0.2) is 30.3 Å². The molecule has 1 heterocycles. The van der Waals surface area contributed by atoms with Crippen LogP contribution in [0.2, 0.25) is 0 Å². The van der Waals surface area contributed by atoms with Crippen molar-refractivity contribution < 1.29 is 19.7 Å². The monoisotopic (exact) mass is 251 g/mol. The third-order valence-corrected chi connectivity index (χ3v) is 3.09. The summed E-state index contributed by atoms with van der Waals surface area (Å²) in [5.74, 6) is -0.875. The van der Waals surface area contributed by atoms with Gasteiger partial charge in [-0.2, -0.15) is 0 Å². The van der Waals surface area contributed by atoms with Gasteiger partial charge in [0.05, 0.1) is 19.3 Å². The number of benzene rings is 1. The zero-order chi connectivity index (χ0) is 13.0. The molecule has 0 aromatic heterocycles. The first-order valence-corrected chi connectivity index (χ1v) is 5.96. The minimum absolute atomic E-state index is 0.0857. The number of aliphatic carboxylic acids is 1. The molecule has 2 atom stereocenters. The first-order valence-electron chi connectivity index (χ1n) is 5.96. The van der Waals surface area contributed by atoms with Gasteiger partial charge in [-0.05, 0) is 5.56 Å². The van der Waals surface area contributed by atoms with Gasteiger partial charge in [-0.25, -0.2) is 0 Å². The van der Waals surface area contributed by atoms with Gasteiger partial charge in [0.2, 0.25) is 0 Å². The Morgan fingerprint density at radius 2 is 2.17 bits per heavy atom. The Morgan fingerprint density at radius 3 is 2.78 bits per heavy atom. The Kier molecular flexibility index (Phi) is 4.30. The fourth-order valence-corrected chi connectivity index (χ4v) is 2.23. The van der Waals surface area contributed by atoms with E-state index < -0.39 is 12.0 Å². The van der Waals surface area contributed by atoms with Crippen molar-refractivity contribution in [1.29, 1.82) is 0 Å². The summed E-state index contributed by atoms with van der Waals surface area (Å²) in [6.45, 7) is 1.35. The van der Waals surface area contributed by atoms with Gasteiger partial charge in [-0.15, -0.1) is 0 Å². The lowest BCUT2D eigenvalue weighted by atomic mass is 10.0. The van der Waals surface area contributed by atoms with E-state index in [0.717, 1.165) is 5.56 Å². The highest BCUT2D eigenvalue weighted by atomic mass is 16.5. The van der Waals surface area contributed by atoms with Gasteiger partial charge < -0.3 is 14.9 Å². The van der Waals surface area contributed by atoms with Gasteiger partial charge in [-0.3, -0.25) is 9.69 Å². The number of morpholine rings is 1. The lowest BCUT2D eigenvalue weighted by molar-refractivity contribution is -0.147. The fraction of sp³-hybridized carbons (Fsp3) is 0.462. The van der Waals surface area contributed by atoms with E-state index in [1.165, 1.54) is 0 Å². The summed E-state index contributed by atoms with van der Waals surface area (Å²) in [5.41, 5.74) is 0.753. The molecule has 0 radical (unpaired) electrons. The maximum absolute atomic E-state index is 11.4. The van der Waals surface area contributed by atoms with Crippen LogP contribution in [0.5, 0.6) is 0 Å². The summed E-state index contributed by atoms with van der Waals surface area (Å²) in [4.78, 5) is 13.3. The fourth-order valence-electron chi connectivity index (χ4n) is 2.23. The Labute approximate surface area is 106 Å². The highest BCUT2D eigenvalue weighted by molar-refractivity contribution is 5.75. The predicted octanol–water partition coefficient (Wildman–Crippen LogP) is 0.505. The summed E-state index contributed by atoms with van der Waals surface area (Å²) >= 11 is 0. The summed E-state index contributed by atoms with van der Waals surface area (Å²) in [6, 6.07) is 8.46. The number of ether oxygens (including phenoxy) is 1. The number of carboxylic acid groups (broad SMARTS) is 1. The molecule has 1 fully saturated rings. The third kappa shape index (κ3) is 2.87. The molecule has 0 aliphatic carbocycles. The van der Waals surface area contributed by atoms with Gasteiger partial charge in [0.1, 0.15) is 6.04 Å². The first-order chi connectivity index (χ1) is 8.72. The van der Waals surface area contributed by atoms with Crippen molar-refractivity contribution in [2.75, 3.05) is 26.3 Å². The van der Waals surface area contributed by atoms with E-state index in [9.17, 15) is 9.90 Å². The van der Waals surface area contributed by atoms with Gasteiger partial charge in [0, 0.05) is 13.1 Å². The van der Waals surface area contributed by atoms with Crippen LogP contribution in [-0.4, -0.2) is 53.5 Å². The van der Waals surface area contributed by atoms with Crippen molar-refractivity contribution in [3.63, 3.8) is 0 Å². The van der Waals surface area contributed by atoms with Crippen molar-refractivity contribution in [3.8, 4) is 0 Å². The Hall–Kier alpha value is -1.43. The summed E-state index contributed by atoms with van der Waals surface area (Å²) in [5, 5.41) is 18.5. The minimum Gasteiger partial charge on any atom is -0.480 e. The number of carbonyl (C=O) groups is 1. The third-order valence-electron chi connectivity index (χ3n) is 3.09. The van der Waals surface area contributed by atoms with Crippen LogP contribution < -0.4 is 0 Å². The quantitative estimate of drug-likeness (QED) is 0.815. The standard InChI is InChI=1S/C13H17NO4/c15-9-11-8-14(6-7-18-11)12(13(16)17)10-4-2-1-3-5-10/h1-5,11-12,15H,6-9H2,(H,16,17). The zero-order valence-electron chi connectivity index (χ0n) is 10.0. The molecule has 1 aliphatic rings. The molecule has 1 aromatic carbocycles.